The highest BCUT2D eigenvalue weighted by Gasteiger charge is 2.15. The van der Waals surface area contributed by atoms with E-state index in [1.165, 1.54) is 18.2 Å². The summed E-state index contributed by atoms with van der Waals surface area (Å²) in [7, 11) is 0. The molecule has 5 heteroatoms. The summed E-state index contributed by atoms with van der Waals surface area (Å²) in [5, 5.41) is 3.65. The molecule has 112 valence electrons. The van der Waals surface area contributed by atoms with Crippen molar-refractivity contribution in [1.29, 1.82) is 0 Å². The fourth-order valence-corrected chi connectivity index (χ4v) is 3.14. The van der Waals surface area contributed by atoms with Gasteiger partial charge in [-0.15, -0.1) is 11.8 Å². The van der Waals surface area contributed by atoms with Crippen molar-refractivity contribution in [3.8, 4) is 0 Å². The third-order valence-electron chi connectivity index (χ3n) is 3.02. The quantitative estimate of drug-likeness (QED) is 0.744. The number of thioether (sulfide) groups is 1. The van der Waals surface area contributed by atoms with Gasteiger partial charge in [0.2, 0.25) is 0 Å². The first-order valence-electron chi connectivity index (χ1n) is 6.67. The molecule has 0 aliphatic carbocycles. The SMILES string of the molecule is CCNC(CSc1ccc(F)cc1)c1ccc(Cl)cc1F. The van der Waals surface area contributed by atoms with E-state index in [2.05, 4.69) is 5.32 Å². The maximum Gasteiger partial charge on any atom is 0.129 e. The highest BCUT2D eigenvalue weighted by Crippen LogP contribution is 2.27. The lowest BCUT2D eigenvalue weighted by Crippen LogP contribution is -2.24. The maximum atomic E-state index is 14.0. The van der Waals surface area contributed by atoms with Gasteiger partial charge in [-0.3, -0.25) is 0 Å². The van der Waals surface area contributed by atoms with Gasteiger partial charge in [0.15, 0.2) is 0 Å². The fourth-order valence-electron chi connectivity index (χ4n) is 2.00. The molecule has 21 heavy (non-hydrogen) atoms. The monoisotopic (exact) mass is 327 g/mol. The molecule has 0 heterocycles. The van der Waals surface area contributed by atoms with Gasteiger partial charge in [-0.25, -0.2) is 8.78 Å². The number of benzene rings is 2. The number of hydrogen-bond donors (Lipinski definition) is 1. The zero-order valence-electron chi connectivity index (χ0n) is 11.6. The second-order valence-electron chi connectivity index (χ2n) is 4.54. The summed E-state index contributed by atoms with van der Waals surface area (Å²) >= 11 is 7.34. The summed E-state index contributed by atoms with van der Waals surface area (Å²) in [4.78, 5) is 0.952. The van der Waals surface area contributed by atoms with E-state index in [1.54, 1.807) is 36.0 Å². The molecule has 0 spiro atoms. The molecule has 1 nitrogen and oxygen atoms in total. The molecule has 1 atom stereocenters. The molecule has 0 bridgehead atoms. The largest absolute Gasteiger partial charge is 0.309 e. The predicted molar refractivity (Wildman–Crippen MR) is 85.0 cm³/mol. The Morgan fingerprint density at radius 3 is 2.48 bits per heavy atom. The van der Waals surface area contributed by atoms with Gasteiger partial charge in [0, 0.05) is 27.3 Å². The van der Waals surface area contributed by atoms with Crippen LogP contribution in [0.1, 0.15) is 18.5 Å². The van der Waals surface area contributed by atoms with E-state index in [9.17, 15) is 8.78 Å². The molecular weight excluding hydrogens is 312 g/mol. The standard InChI is InChI=1S/C16H16ClF2NS/c1-2-20-16(14-8-3-11(17)9-15(14)19)10-21-13-6-4-12(18)5-7-13/h3-9,16,20H,2,10H2,1H3. The van der Waals surface area contributed by atoms with E-state index in [0.29, 0.717) is 16.3 Å². The van der Waals surface area contributed by atoms with Crippen LogP contribution >= 0.6 is 23.4 Å². The summed E-state index contributed by atoms with van der Waals surface area (Å²) < 4.78 is 26.9. The Hall–Kier alpha value is -1.10. The summed E-state index contributed by atoms with van der Waals surface area (Å²) in [6.07, 6.45) is 0. The third kappa shape index (κ3) is 4.70. The Kier molecular flexibility index (Phi) is 6.03. The third-order valence-corrected chi connectivity index (χ3v) is 4.36. The van der Waals surface area contributed by atoms with Crippen LogP contribution in [0.25, 0.3) is 0 Å². The Morgan fingerprint density at radius 1 is 1.14 bits per heavy atom. The first-order valence-corrected chi connectivity index (χ1v) is 8.03. The van der Waals surface area contributed by atoms with Crippen molar-refractivity contribution in [2.24, 2.45) is 0 Å². The second kappa shape index (κ2) is 7.78. The van der Waals surface area contributed by atoms with Gasteiger partial charge in [-0.2, -0.15) is 0 Å². The Balaban J connectivity index is 2.09. The second-order valence-corrected chi connectivity index (χ2v) is 6.07. The molecule has 0 aliphatic heterocycles. The van der Waals surface area contributed by atoms with E-state index >= 15 is 0 Å². The van der Waals surface area contributed by atoms with Gasteiger partial charge in [-0.05, 0) is 42.9 Å². The van der Waals surface area contributed by atoms with Crippen LogP contribution in [0.15, 0.2) is 47.4 Å². The summed E-state index contributed by atoms with van der Waals surface area (Å²) in [5.41, 5.74) is 0.593. The molecule has 0 fully saturated rings. The van der Waals surface area contributed by atoms with Crippen LogP contribution in [0, 0.1) is 11.6 Å². The molecule has 0 saturated heterocycles. The van der Waals surface area contributed by atoms with Gasteiger partial charge in [0.1, 0.15) is 11.6 Å². The first-order chi connectivity index (χ1) is 10.1. The van der Waals surface area contributed by atoms with Gasteiger partial charge >= 0.3 is 0 Å². The van der Waals surface area contributed by atoms with Crippen LogP contribution in [0.4, 0.5) is 8.78 Å². The van der Waals surface area contributed by atoms with Gasteiger partial charge < -0.3 is 5.32 Å². The number of rotatable bonds is 6. The minimum atomic E-state index is -0.312. The minimum Gasteiger partial charge on any atom is -0.309 e. The topological polar surface area (TPSA) is 12.0 Å². The number of nitrogens with one attached hydrogen (secondary N) is 1. The molecule has 0 amide bonds. The number of hydrogen-bond acceptors (Lipinski definition) is 2. The normalized spacial score (nSPS) is 12.4. The molecule has 0 radical (unpaired) electrons. The van der Waals surface area contributed by atoms with Gasteiger partial charge in [0.25, 0.3) is 0 Å². The molecule has 0 aliphatic rings. The molecule has 0 saturated carbocycles. The van der Waals surface area contributed by atoms with Crippen molar-refractivity contribution in [3.63, 3.8) is 0 Å². The van der Waals surface area contributed by atoms with Gasteiger partial charge in [-0.1, -0.05) is 24.6 Å². The lowest BCUT2D eigenvalue weighted by Gasteiger charge is -2.19. The average Bonchev–Trinajstić information content (AvgIpc) is 2.46. The van der Waals surface area contributed by atoms with Crippen LogP contribution in [-0.2, 0) is 0 Å². The highest BCUT2D eigenvalue weighted by atomic mass is 35.5. The summed E-state index contributed by atoms with van der Waals surface area (Å²) in [6, 6.07) is 10.9. The van der Waals surface area contributed by atoms with Crippen molar-refractivity contribution >= 4 is 23.4 Å². The van der Waals surface area contributed by atoms with E-state index < -0.39 is 0 Å². The molecule has 2 aromatic carbocycles. The van der Waals surface area contributed by atoms with E-state index in [1.807, 2.05) is 6.92 Å². The minimum absolute atomic E-state index is 0.123. The van der Waals surface area contributed by atoms with Crippen molar-refractivity contribution in [3.05, 3.63) is 64.7 Å². The molecule has 2 aromatic rings. The lowest BCUT2D eigenvalue weighted by molar-refractivity contribution is 0.545. The van der Waals surface area contributed by atoms with Crippen LogP contribution < -0.4 is 5.32 Å². The Bertz CT molecular complexity index is 589. The van der Waals surface area contributed by atoms with Gasteiger partial charge in [0.05, 0.1) is 0 Å². The first kappa shape index (κ1) is 16.3. The van der Waals surface area contributed by atoms with Crippen LogP contribution in [0.5, 0.6) is 0 Å². The van der Waals surface area contributed by atoms with E-state index in [4.69, 9.17) is 11.6 Å². The summed E-state index contributed by atoms with van der Waals surface area (Å²) in [5.74, 6) is 0.0809. The van der Waals surface area contributed by atoms with Crippen molar-refractivity contribution in [2.45, 2.75) is 17.9 Å². The van der Waals surface area contributed by atoms with Crippen LogP contribution in [0.3, 0.4) is 0 Å². The van der Waals surface area contributed by atoms with Crippen LogP contribution in [-0.4, -0.2) is 12.3 Å². The number of halogens is 3. The lowest BCUT2D eigenvalue weighted by atomic mass is 10.1. The van der Waals surface area contributed by atoms with Crippen molar-refractivity contribution < 1.29 is 8.78 Å². The highest BCUT2D eigenvalue weighted by molar-refractivity contribution is 7.99. The fraction of sp³-hybridized carbons (Fsp3) is 0.250. The smallest absolute Gasteiger partial charge is 0.129 e. The maximum absolute atomic E-state index is 14.0. The molecule has 2 rings (SSSR count). The van der Waals surface area contributed by atoms with Crippen molar-refractivity contribution in [2.75, 3.05) is 12.3 Å². The summed E-state index contributed by atoms with van der Waals surface area (Å²) in [6.45, 7) is 2.71. The molecular formula is C16H16ClF2NS. The predicted octanol–water partition coefficient (Wildman–Crippen LogP) is 5.06. The average molecular weight is 328 g/mol. The van der Waals surface area contributed by atoms with E-state index in [-0.39, 0.29) is 17.7 Å². The van der Waals surface area contributed by atoms with Crippen LogP contribution in [0.2, 0.25) is 5.02 Å². The molecule has 1 N–H and O–H groups in total. The Morgan fingerprint density at radius 2 is 1.86 bits per heavy atom. The zero-order valence-corrected chi connectivity index (χ0v) is 13.1. The molecule has 0 aromatic heterocycles. The Labute approximate surface area is 132 Å². The zero-order chi connectivity index (χ0) is 15.2. The van der Waals surface area contributed by atoms with Crippen molar-refractivity contribution in [1.82, 2.24) is 5.32 Å². The molecule has 1 unspecified atom stereocenters. The van der Waals surface area contributed by atoms with E-state index in [0.717, 1.165) is 11.4 Å².